The van der Waals surface area contributed by atoms with E-state index in [9.17, 15) is 0 Å². The number of epoxide rings is 2. The highest BCUT2D eigenvalue weighted by Crippen LogP contribution is 2.32. The minimum absolute atomic E-state index is 0.310. The van der Waals surface area contributed by atoms with Crippen molar-refractivity contribution in [3.05, 3.63) is 18.2 Å². The van der Waals surface area contributed by atoms with Crippen molar-refractivity contribution in [3.63, 3.8) is 0 Å². The van der Waals surface area contributed by atoms with Crippen molar-refractivity contribution >= 4 is 0 Å². The third-order valence-electron chi connectivity index (χ3n) is 3.15. The van der Waals surface area contributed by atoms with Crippen LogP contribution in [0.5, 0.6) is 17.2 Å². The summed E-state index contributed by atoms with van der Waals surface area (Å²) in [4.78, 5) is 0. The van der Waals surface area contributed by atoms with Crippen molar-refractivity contribution < 1.29 is 39.0 Å². The van der Waals surface area contributed by atoms with Gasteiger partial charge in [-0.2, -0.15) is 0 Å². The Morgan fingerprint density at radius 1 is 0.792 bits per heavy atom. The molecule has 2 unspecified atom stereocenters. The number of hydrogen-bond acceptors (Lipinski definition) is 8. The fourth-order valence-electron chi connectivity index (χ4n) is 1.62. The van der Waals surface area contributed by atoms with Gasteiger partial charge in [0.15, 0.2) is 17.2 Å². The highest BCUT2D eigenvalue weighted by Gasteiger charge is 2.22. The van der Waals surface area contributed by atoms with Gasteiger partial charge in [0, 0.05) is 0 Å². The van der Waals surface area contributed by atoms with Gasteiger partial charge >= 0.3 is 0 Å². The molecule has 0 radical (unpaired) electrons. The number of rotatable bonds is 10. The fourth-order valence-corrected chi connectivity index (χ4v) is 1.62. The number of aromatic hydroxyl groups is 3. The first-order valence-electron chi connectivity index (χ1n) is 7.83. The lowest BCUT2D eigenvalue weighted by atomic mass is 10.3. The Labute approximate surface area is 140 Å². The van der Waals surface area contributed by atoms with E-state index in [2.05, 4.69) is 0 Å². The largest absolute Gasteiger partial charge is 0.504 e. The summed E-state index contributed by atoms with van der Waals surface area (Å²) in [5.41, 5.74) is 0. The summed E-state index contributed by atoms with van der Waals surface area (Å²) in [5, 5.41) is 26.1. The van der Waals surface area contributed by atoms with Crippen LogP contribution in [0.15, 0.2) is 18.2 Å². The zero-order valence-electron chi connectivity index (χ0n) is 13.4. The van der Waals surface area contributed by atoms with E-state index in [4.69, 9.17) is 39.0 Å². The van der Waals surface area contributed by atoms with Crippen LogP contribution in [0.3, 0.4) is 0 Å². The third-order valence-corrected chi connectivity index (χ3v) is 3.15. The zero-order chi connectivity index (χ0) is 17.2. The molecule has 2 atom stereocenters. The average Bonchev–Trinajstić information content (AvgIpc) is 3.46. The van der Waals surface area contributed by atoms with Crippen molar-refractivity contribution in [2.45, 2.75) is 12.2 Å². The van der Waals surface area contributed by atoms with Crippen LogP contribution >= 0.6 is 0 Å². The molecule has 2 saturated heterocycles. The van der Waals surface area contributed by atoms with E-state index in [1.807, 2.05) is 0 Å². The number of para-hydroxylation sites is 1. The van der Waals surface area contributed by atoms with Crippen LogP contribution in [0.4, 0.5) is 0 Å². The highest BCUT2D eigenvalue weighted by atomic mass is 16.6. The monoisotopic (exact) mass is 344 g/mol. The van der Waals surface area contributed by atoms with Crippen LogP contribution < -0.4 is 0 Å². The van der Waals surface area contributed by atoms with Gasteiger partial charge in [0.25, 0.3) is 0 Å². The van der Waals surface area contributed by atoms with Gasteiger partial charge in [0.2, 0.25) is 0 Å². The minimum Gasteiger partial charge on any atom is -0.504 e. The van der Waals surface area contributed by atoms with Crippen LogP contribution in [0.1, 0.15) is 0 Å². The number of phenols is 3. The highest BCUT2D eigenvalue weighted by molar-refractivity contribution is 5.47. The van der Waals surface area contributed by atoms with Gasteiger partial charge in [-0.05, 0) is 12.1 Å². The van der Waals surface area contributed by atoms with Crippen LogP contribution in [0, 0.1) is 0 Å². The molecular formula is C16H24O8. The maximum atomic E-state index is 8.71. The van der Waals surface area contributed by atoms with E-state index in [1.165, 1.54) is 18.2 Å². The lowest BCUT2D eigenvalue weighted by Gasteiger charge is -2.05. The Morgan fingerprint density at radius 3 is 1.58 bits per heavy atom. The van der Waals surface area contributed by atoms with E-state index >= 15 is 0 Å². The predicted octanol–water partition coefficient (Wildman–Crippen LogP) is 0.637. The summed E-state index contributed by atoms with van der Waals surface area (Å²) in [6.07, 6.45) is 0.679. The van der Waals surface area contributed by atoms with Gasteiger partial charge in [-0.3, -0.25) is 0 Å². The molecular weight excluding hydrogens is 320 g/mol. The second-order valence-electron chi connectivity index (χ2n) is 5.32. The first-order chi connectivity index (χ1) is 11.7. The maximum Gasteiger partial charge on any atom is 0.200 e. The third kappa shape index (κ3) is 8.32. The molecule has 0 aromatic heterocycles. The van der Waals surface area contributed by atoms with E-state index in [-0.39, 0.29) is 11.5 Å². The molecule has 2 heterocycles. The topological polar surface area (TPSA) is 113 Å². The Morgan fingerprint density at radius 2 is 1.21 bits per heavy atom. The second-order valence-corrected chi connectivity index (χ2v) is 5.32. The molecule has 1 aromatic carbocycles. The summed E-state index contributed by atoms with van der Waals surface area (Å²) >= 11 is 0. The standard InChI is InChI=1S/C10H18O5.C6H6O3/c1(3-12-5-9-7-14-9)11-2-4-13-6-10-8-15-10;7-4-2-1-3-5(8)6(4)9/h9-10H,1-8H2;1-3,7-9H. The molecule has 24 heavy (non-hydrogen) atoms. The van der Waals surface area contributed by atoms with E-state index in [1.54, 1.807) is 0 Å². The first kappa shape index (κ1) is 18.8. The maximum absolute atomic E-state index is 8.71. The SMILES string of the molecule is C(COCC1CO1)OCCOCC1CO1.Oc1cccc(O)c1O. The molecule has 0 amide bonds. The van der Waals surface area contributed by atoms with Gasteiger partial charge in [0.05, 0.1) is 52.9 Å². The molecule has 136 valence electrons. The molecule has 0 bridgehead atoms. The first-order valence-corrected chi connectivity index (χ1v) is 7.83. The fraction of sp³-hybridized carbons (Fsp3) is 0.625. The van der Waals surface area contributed by atoms with Crippen LogP contribution in [-0.4, -0.2) is 80.4 Å². The molecule has 1 aromatic rings. The lowest BCUT2D eigenvalue weighted by molar-refractivity contribution is 0.00937. The zero-order valence-corrected chi connectivity index (χ0v) is 13.4. The Balaban J connectivity index is 0.000000198. The Bertz CT molecular complexity index is 435. The molecule has 2 fully saturated rings. The summed E-state index contributed by atoms with van der Waals surface area (Å²) in [5.74, 6) is -1.09. The molecule has 2 aliphatic rings. The predicted molar refractivity (Wildman–Crippen MR) is 83.4 cm³/mol. The van der Waals surface area contributed by atoms with Crippen molar-refractivity contribution in [3.8, 4) is 17.2 Å². The lowest BCUT2D eigenvalue weighted by Crippen LogP contribution is -2.12. The summed E-state index contributed by atoms with van der Waals surface area (Å²) in [7, 11) is 0. The van der Waals surface area contributed by atoms with Crippen molar-refractivity contribution in [1.82, 2.24) is 0 Å². The Hall–Kier alpha value is -1.58. The van der Waals surface area contributed by atoms with Crippen molar-refractivity contribution in [2.24, 2.45) is 0 Å². The summed E-state index contributed by atoms with van der Waals surface area (Å²) in [6, 6.07) is 4.01. The van der Waals surface area contributed by atoms with Gasteiger partial charge in [-0.25, -0.2) is 0 Å². The molecule has 8 nitrogen and oxygen atoms in total. The van der Waals surface area contributed by atoms with Crippen LogP contribution in [0.2, 0.25) is 0 Å². The minimum atomic E-state index is -0.475. The number of hydrogen-bond donors (Lipinski definition) is 3. The number of phenolic OH excluding ortho intramolecular Hbond substituents is 3. The molecule has 8 heteroatoms. The Kier molecular flexibility index (Phi) is 8.06. The number of ether oxygens (including phenoxy) is 5. The van der Waals surface area contributed by atoms with Crippen molar-refractivity contribution in [2.75, 3.05) is 52.9 Å². The smallest absolute Gasteiger partial charge is 0.200 e. The molecule has 0 saturated carbocycles. The van der Waals surface area contributed by atoms with Gasteiger partial charge in [-0.1, -0.05) is 6.07 Å². The van der Waals surface area contributed by atoms with Gasteiger partial charge in [-0.15, -0.1) is 0 Å². The van der Waals surface area contributed by atoms with Crippen molar-refractivity contribution in [1.29, 1.82) is 0 Å². The van der Waals surface area contributed by atoms with E-state index < -0.39 is 5.75 Å². The summed E-state index contributed by atoms with van der Waals surface area (Å²) < 4.78 is 25.9. The van der Waals surface area contributed by atoms with E-state index in [0.717, 1.165) is 13.2 Å². The van der Waals surface area contributed by atoms with E-state index in [0.29, 0.717) is 51.8 Å². The molecule has 0 aliphatic carbocycles. The molecule has 3 rings (SSSR count). The average molecular weight is 344 g/mol. The molecule has 0 spiro atoms. The summed E-state index contributed by atoms with van der Waals surface area (Å²) in [6.45, 7) is 5.58. The van der Waals surface area contributed by atoms with Crippen LogP contribution in [0.25, 0.3) is 0 Å². The quantitative estimate of drug-likeness (QED) is 0.322. The number of benzene rings is 1. The second kappa shape index (κ2) is 10.3. The molecule has 3 N–H and O–H groups in total. The van der Waals surface area contributed by atoms with Gasteiger partial charge < -0.3 is 39.0 Å². The van der Waals surface area contributed by atoms with Crippen LogP contribution in [-0.2, 0) is 23.7 Å². The van der Waals surface area contributed by atoms with Gasteiger partial charge in [0.1, 0.15) is 12.2 Å². The molecule has 2 aliphatic heterocycles. The normalized spacial score (nSPS) is 21.0.